The van der Waals surface area contributed by atoms with E-state index in [9.17, 15) is 4.39 Å². The Hall–Kier alpha value is -2.48. The highest BCUT2D eigenvalue weighted by Gasteiger charge is 2.32. The van der Waals surface area contributed by atoms with Crippen LogP contribution in [0.4, 0.5) is 4.39 Å². The fourth-order valence-electron chi connectivity index (χ4n) is 6.81. The van der Waals surface area contributed by atoms with Crippen molar-refractivity contribution in [2.45, 2.75) is 130 Å². The van der Waals surface area contributed by atoms with E-state index in [1.54, 1.807) is 18.4 Å². The highest BCUT2D eigenvalue weighted by atomic mass is 32.1. The first-order chi connectivity index (χ1) is 23.4. The molecule has 7 heteroatoms. The third kappa shape index (κ3) is 14.7. The second-order valence-corrected chi connectivity index (χ2v) is 15.5. The van der Waals surface area contributed by atoms with E-state index in [2.05, 4.69) is 113 Å². The molecule has 0 radical (unpaired) electrons. The predicted molar refractivity (Wildman–Crippen MR) is 214 cm³/mol. The number of piperidine rings is 1. The van der Waals surface area contributed by atoms with Gasteiger partial charge < -0.3 is 15.1 Å². The number of likely N-dealkylation sites (tertiary alicyclic amines) is 1. The monoisotopic (exact) mass is 696 g/mol. The number of hydrogen-bond acceptors (Lipinski definition) is 6. The van der Waals surface area contributed by atoms with E-state index >= 15 is 0 Å². The number of allylic oxidation sites excluding steroid dienone is 2. The van der Waals surface area contributed by atoms with Gasteiger partial charge in [0.1, 0.15) is 0 Å². The Morgan fingerprint density at radius 3 is 2.39 bits per heavy atom. The van der Waals surface area contributed by atoms with Gasteiger partial charge >= 0.3 is 0 Å². The maximum atomic E-state index is 13.4. The van der Waals surface area contributed by atoms with E-state index in [0.29, 0.717) is 36.8 Å². The summed E-state index contributed by atoms with van der Waals surface area (Å²) in [6.45, 7) is 29.4. The SMILES string of the molecule is C=CC(C)CC(Cc1ccccc1)NC(=C)c1csc(C(CC)CC(C(C)C)N(CCC)C(=C)CCCC)n1.CNC1(F)CCCN(C)C1. The zero-order chi connectivity index (χ0) is 36.4. The maximum absolute atomic E-state index is 13.4. The fourth-order valence-corrected chi connectivity index (χ4v) is 7.84. The number of rotatable bonds is 21. The molecular formula is C42H70FN5S. The van der Waals surface area contributed by atoms with Gasteiger partial charge in [-0.2, -0.15) is 0 Å². The predicted octanol–water partition coefficient (Wildman–Crippen LogP) is 10.4. The molecule has 1 aliphatic rings. The number of hydrogen-bond donors (Lipinski definition) is 2. The molecule has 5 nitrogen and oxygen atoms in total. The topological polar surface area (TPSA) is 43.4 Å². The van der Waals surface area contributed by atoms with E-state index in [1.807, 2.05) is 18.0 Å². The van der Waals surface area contributed by atoms with Crippen LogP contribution < -0.4 is 10.6 Å². The molecule has 2 aromatic rings. The highest BCUT2D eigenvalue weighted by Crippen LogP contribution is 2.34. The fraction of sp³-hybridized carbons (Fsp3) is 0.643. The molecule has 0 amide bonds. The lowest BCUT2D eigenvalue weighted by atomic mass is 9.89. The lowest BCUT2D eigenvalue weighted by Crippen LogP contribution is -2.51. The molecule has 5 unspecified atom stereocenters. The molecule has 0 aliphatic carbocycles. The minimum atomic E-state index is -1.13. The van der Waals surface area contributed by atoms with Crippen molar-refractivity contribution >= 4 is 17.0 Å². The van der Waals surface area contributed by atoms with E-state index in [4.69, 9.17) is 4.98 Å². The van der Waals surface area contributed by atoms with Crippen molar-refractivity contribution in [3.63, 3.8) is 0 Å². The van der Waals surface area contributed by atoms with Crippen LogP contribution in [0.25, 0.3) is 5.70 Å². The molecule has 276 valence electrons. The molecule has 0 spiro atoms. The summed E-state index contributed by atoms with van der Waals surface area (Å²) in [7, 11) is 3.63. The standard InChI is InChI=1S/C35H55N3S.C7H15FN2/c1-10-14-18-28(8)38(21-11-2)34(26(5)6)24-31(13-4)35-37-33(25-39-35)29(9)36-32(22-27(7)12-3)23-30-19-16-15-17-20-30;1-9-7(8)4-3-5-10(2)6-7/h12,15-17,19-20,25-27,31-32,34,36H,3,8-11,13-14,18,21-24H2,1-2,4-7H3;9H,3-6H2,1-2H3. The minimum absolute atomic E-state index is 0.280. The Morgan fingerprint density at radius 1 is 1.12 bits per heavy atom. The molecule has 5 atom stereocenters. The van der Waals surface area contributed by atoms with Crippen molar-refractivity contribution in [3.05, 3.63) is 83.5 Å². The van der Waals surface area contributed by atoms with Crippen molar-refractivity contribution in [3.8, 4) is 0 Å². The van der Waals surface area contributed by atoms with Crippen molar-refractivity contribution in [2.24, 2.45) is 11.8 Å². The lowest BCUT2D eigenvalue weighted by molar-refractivity contribution is 0.0349. The van der Waals surface area contributed by atoms with Gasteiger partial charge in [0, 0.05) is 42.2 Å². The Labute approximate surface area is 304 Å². The smallest absolute Gasteiger partial charge is 0.174 e. The second kappa shape index (κ2) is 22.4. The number of benzene rings is 1. The van der Waals surface area contributed by atoms with E-state index in [1.165, 1.54) is 29.1 Å². The van der Waals surface area contributed by atoms with Crippen LogP contribution in [0, 0.1) is 11.8 Å². The van der Waals surface area contributed by atoms with Gasteiger partial charge in [-0.1, -0.05) is 97.5 Å². The van der Waals surface area contributed by atoms with Crippen LogP contribution in [0.3, 0.4) is 0 Å². The van der Waals surface area contributed by atoms with Gasteiger partial charge in [-0.15, -0.1) is 17.9 Å². The number of aromatic nitrogens is 1. The summed E-state index contributed by atoms with van der Waals surface area (Å²) in [6, 6.07) is 11.5. The van der Waals surface area contributed by atoms with E-state index in [-0.39, 0.29) is 6.04 Å². The normalized spacial score (nSPS) is 18.9. The van der Waals surface area contributed by atoms with Crippen LogP contribution in [0.15, 0.2) is 67.2 Å². The van der Waals surface area contributed by atoms with Gasteiger partial charge in [-0.05, 0) is 95.8 Å². The molecule has 3 rings (SSSR count). The molecular weight excluding hydrogens is 626 g/mol. The molecule has 0 saturated carbocycles. The van der Waals surface area contributed by atoms with Gasteiger partial charge in [0.05, 0.1) is 16.4 Å². The van der Waals surface area contributed by atoms with Crippen LogP contribution in [-0.2, 0) is 6.42 Å². The molecule has 1 saturated heterocycles. The average molecular weight is 696 g/mol. The number of alkyl halides is 1. The zero-order valence-electron chi connectivity index (χ0n) is 32.4. The van der Waals surface area contributed by atoms with E-state index < -0.39 is 5.79 Å². The molecule has 1 aromatic heterocycles. The Kier molecular flexibility index (Phi) is 19.5. The summed E-state index contributed by atoms with van der Waals surface area (Å²) in [5, 5.41) is 9.86. The average Bonchev–Trinajstić information content (AvgIpc) is 3.58. The number of thiazole rings is 1. The summed E-state index contributed by atoms with van der Waals surface area (Å²) in [4.78, 5) is 9.78. The number of likely N-dealkylation sites (N-methyl/N-ethyl adjacent to an activating group) is 2. The largest absolute Gasteiger partial charge is 0.381 e. The molecule has 1 aromatic carbocycles. The summed E-state index contributed by atoms with van der Waals surface area (Å²) < 4.78 is 13.4. The lowest BCUT2D eigenvalue weighted by Gasteiger charge is -2.39. The summed E-state index contributed by atoms with van der Waals surface area (Å²) in [5.74, 6) is 0.293. The molecule has 49 heavy (non-hydrogen) atoms. The van der Waals surface area contributed by atoms with Crippen LogP contribution in [-0.4, -0.2) is 66.4 Å². The first-order valence-electron chi connectivity index (χ1n) is 19.0. The van der Waals surface area contributed by atoms with Gasteiger partial charge in [0.25, 0.3) is 0 Å². The molecule has 0 bridgehead atoms. The van der Waals surface area contributed by atoms with Gasteiger partial charge in [0.2, 0.25) is 0 Å². The third-order valence-corrected chi connectivity index (χ3v) is 10.9. The molecule has 2 heterocycles. The van der Waals surface area contributed by atoms with Crippen LogP contribution in [0.2, 0.25) is 0 Å². The number of unbranched alkanes of at least 4 members (excludes halogenated alkanes) is 1. The Morgan fingerprint density at radius 2 is 1.84 bits per heavy atom. The zero-order valence-corrected chi connectivity index (χ0v) is 33.2. The van der Waals surface area contributed by atoms with Crippen LogP contribution >= 0.6 is 11.3 Å². The minimum Gasteiger partial charge on any atom is -0.381 e. The van der Waals surface area contributed by atoms with Gasteiger partial charge in [-0.25, -0.2) is 9.37 Å². The summed E-state index contributed by atoms with van der Waals surface area (Å²) in [5.41, 5.74) is 4.55. The van der Waals surface area contributed by atoms with Crippen molar-refractivity contribution in [1.82, 2.24) is 25.4 Å². The van der Waals surface area contributed by atoms with Gasteiger partial charge in [0.15, 0.2) is 5.79 Å². The third-order valence-electron chi connectivity index (χ3n) is 9.90. The maximum Gasteiger partial charge on any atom is 0.174 e. The van der Waals surface area contributed by atoms with Crippen LogP contribution in [0.1, 0.15) is 122 Å². The van der Waals surface area contributed by atoms with Crippen molar-refractivity contribution < 1.29 is 4.39 Å². The summed E-state index contributed by atoms with van der Waals surface area (Å²) in [6.07, 6.45) is 12.5. The number of nitrogens with one attached hydrogen (secondary N) is 2. The second-order valence-electron chi connectivity index (χ2n) is 14.6. The summed E-state index contributed by atoms with van der Waals surface area (Å²) >= 11 is 1.79. The first-order valence-corrected chi connectivity index (χ1v) is 19.9. The van der Waals surface area contributed by atoms with Gasteiger partial charge in [-0.3, -0.25) is 5.32 Å². The quantitative estimate of drug-likeness (QED) is 0.101. The van der Waals surface area contributed by atoms with Crippen LogP contribution in [0.5, 0.6) is 0 Å². The van der Waals surface area contributed by atoms with E-state index in [0.717, 1.165) is 69.4 Å². The first kappa shape index (κ1) is 42.7. The highest BCUT2D eigenvalue weighted by molar-refractivity contribution is 7.09. The Balaban J connectivity index is 0.000000709. The molecule has 1 fully saturated rings. The van der Waals surface area contributed by atoms with Crippen molar-refractivity contribution in [1.29, 1.82) is 0 Å². The Bertz CT molecular complexity index is 1230. The number of nitrogens with zero attached hydrogens (tertiary/aromatic N) is 3. The molecule has 2 N–H and O–H groups in total. The number of halogens is 1. The van der Waals surface area contributed by atoms with Crippen molar-refractivity contribution in [2.75, 3.05) is 33.7 Å². The molecule has 1 aliphatic heterocycles.